The van der Waals surface area contributed by atoms with Gasteiger partial charge in [0.25, 0.3) is 0 Å². The Kier molecular flexibility index (Phi) is 6.53. The molecule has 0 saturated carbocycles. The van der Waals surface area contributed by atoms with Crippen molar-refractivity contribution in [3.63, 3.8) is 0 Å². The van der Waals surface area contributed by atoms with Crippen LogP contribution in [0.1, 0.15) is 44.6 Å². The maximum Gasteiger partial charge on any atom is 0.0582 e. The van der Waals surface area contributed by atoms with Gasteiger partial charge in [-0.05, 0) is 49.3 Å². The van der Waals surface area contributed by atoms with Gasteiger partial charge in [-0.1, -0.05) is 48.0 Å². The number of benzene rings is 1. The van der Waals surface area contributed by atoms with E-state index in [1.807, 2.05) is 0 Å². The van der Waals surface area contributed by atoms with E-state index in [1.54, 1.807) is 0 Å². The molecule has 0 aliphatic carbocycles. The molecule has 2 rings (SSSR count). The zero-order chi connectivity index (χ0) is 14.4. The lowest BCUT2D eigenvalue weighted by atomic mass is 9.92. The summed E-state index contributed by atoms with van der Waals surface area (Å²) in [5, 5.41) is 3.61. The third-order valence-corrected chi connectivity index (χ3v) is 4.58. The maximum atomic E-state index is 5.83. The Labute approximate surface area is 131 Å². The summed E-state index contributed by atoms with van der Waals surface area (Å²) in [7, 11) is 0. The lowest BCUT2D eigenvalue weighted by Crippen LogP contribution is -2.27. The molecular formula is C17H26BrNO. The first-order valence-corrected chi connectivity index (χ1v) is 8.53. The monoisotopic (exact) mass is 339 g/mol. The third-order valence-electron chi connectivity index (χ3n) is 3.86. The van der Waals surface area contributed by atoms with Crippen LogP contribution < -0.4 is 5.32 Å². The van der Waals surface area contributed by atoms with E-state index in [9.17, 15) is 0 Å². The summed E-state index contributed by atoms with van der Waals surface area (Å²) < 4.78 is 7.05. The highest BCUT2D eigenvalue weighted by atomic mass is 79.9. The zero-order valence-electron chi connectivity index (χ0n) is 12.6. The highest BCUT2D eigenvalue weighted by Crippen LogP contribution is 2.31. The average molecular weight is 340 g/mol. The molecule has 0 bridgehead atoms. The van der Waals surface area contributed by atoms with E-state index < -0.39 is 0 Å². The Morgan fingerprint density at radius 3 is 2.75 bits per heavy atom. The molecule has 1 aliphatic rings. The van der Waals surface area contributed by atoms with Crippen LogP contribution in [0.5, 0.6) is 0 Å². The van der Waals surface area contributed by atoms with Crippen molar-refractivity contribution in [2.75, 3.05) is 19.7 Å². The summed E-state index contributed by atoms with van der Waals surface area (Å²) in [6, 6.07) is 8.59. The molecule has 2 nitrogen and oxygen atoms in total. The van der Waals surface area contributed by atoms with Gasteiger partial charge in [0, 0.05) is 17.6 Å². The Morgan fingerprint density at radius 2 is 2.10 bits per heavy atom. The Hall–Kier alpha value is -0.380. The van der Waals surface area contributed by atoms with Crippen molar-refractivity contribution >= 4 is 15.9 Å². The Bertz CT molecular complexity index is 402. The molecule has 1 heterocycles. The van der Waals surface area contributed by atoms with Crippen molar-refractivity contribution in [2.24, 2.45) is 5.92 Å². The van der Waals surface area contributed by atoms with Crippen molar-refractivity contribution in [1.29, 1.82) is 0 Å². The van der Waals surface area contributed by atoms with E-state index in [2.05, 4.69) is 59.4 Å². The van der Waals surface area contributed by atoms with Gasteiger partial charge in [0.15, 0.2) is 0 Å². The van der Waals surface area contributed by atoms with E-state index in [-0.39, 0.29) is 0 Å². The molecule has 0 radical (unpaired) electrons. The van der Waals surface area contributed by atoms with E-state index in [1.165, 1.54) is 22.9 Å². The summed E-state index contributed by atoms with van der Waals surface area (Å²) >= 11 is 3.70. The SMILES string of the molecule is CC(C)CNCC(CC1CCCO1)c1ccccc1Br. The molecule has 2 unspecified atom stereocenters. The fraction of sp³-hybridized carbons (Fsp3) is 0.647. The van der Waals surface area contributed by atoms with Crippen molar-refractivity contribution in [3.8, 4) is 0 Å². The van der Waals surface area contributed by atoms with Gasteiger partial charge in [-0.3, -0.25) is 0 Å². The molecule has 1 saturated heterocycles. The summed E-state index contributed by atoms with van der Waals surface area (Å²) in [6.07, 6.45) is 3.99. The van der Waals surface area contributed by atoms with E-state index in [0.717, 1.165) is 26.1 Å². The highest BCUT2D eigenvalue weighted by molar-refractivity contribution is 9.10. The number of hydrogen-bond donors (Lipinski definition) is 1. The number of nitrogens with one attached hydrogen (secondary N) is 1. The minimum absolute atomic E-state index is 0.438. The van der Waals surface area contributed by atoms with Crippen LogP contribution in [0.2, 0.25) is 0 Å². The first-order valence-electron chi connectivity index (χ1n) is 7.73. The smallest absolute Gasteiger partial charge is 0.0582 e. The standard InChI is InChI=1S/C17H26BrNO/c1-13(2)11-19-12-14(10-15-6-5-9-20-15)16-7-3-4-8-17(16)18/h3-4,7-8,13-15,19H,5-6,9-12H2,1-2H3. The second-order valence-electron chi connectivity index (χ2n) is 6.14. The van der Waals surface area contributed by atoms with Gasteiger partial charge in [0.1, 0.15) is 0 Å². The largest absolute Gasteiger partial charge is 0.378 e. The zero-order valence-corrected chi connectivity index (χ0v) is 14.2. The van der Waals surface area contributed by atoms with E-state index in [4.69, 9.17) is 4.74 Å². The predicted molar refractivity (Wildman–Crippen MR) is 88.2 cm³/mol. The van der Waals surface area contributed by atoms with Crippen LogP contribution >= 0.6 is 15.9 Å². The van der Waals surface area contributed by atoms with Crippen molar-refractivity contribution < 1.29 is 4.74 Å². The number of hydrogen-bond acceptors (Lipinski definition) is 2. The second kappa shape index (κ2) is 8.16. The van der Waals surface area contributed by atoms with Gasteiger partial charge in [0.05, 0.1) is 6.10 Å². The maximum absolute atomic E-state index is 5.83. The Morgan fingerprint density at radius 1 is 1.30 bits per heavy atom. The molecule has 112 valence electrons. The molecular weight excluding hydrogens is 314 g/mol. The molecule has 1 fully saturated rings. The van der Waals surface area contributed by atoms with Gasteiger partial charge < -0.3 is 10.1 Å². The molecule has 3 heteroatoms. The quantitative estimate of drug-likeness (QED) is 0.797. The highest BCUT2D eigenvalue weighted by Gasteiger charge is 2.23. The van der Waals surface area contributed by atoms with Crippen molar-refractivity contribution in [3.05, 3.63) is 34.3 Å². The molecule has 1 aliphatic heterocycles. The minimum Gasteiger partial charge on any atom is -0.378 e. The van der Waals surface area contributed by atoms with Crippen LogP contribution in [-0.4, -0.2) is 25.8 Å². The first-order chi connectivity index (χ1) is 9.66. The summed E-state index contributed by atoms with van der Waals surface area (Å²) in [4.78, 5) is 0. The number of ether oxygens (including phenoxy) is 1. The van der Waals surface area contributed by atoms with E-state index in [0.29, 0.717) is 17.9 Å². The minimum atomic E-state index is 0.438. The molecule has 1 aromatic carbocycles. The van der Waals surface area contributed by atoms with Gasteiger partial charge in [-0.2, -0.15) is 0 Å². The second-order valence-corrected chi connectivity index (χ2v) is 7.00. The van der Waals surface area contributed by atoms with Gasteiger partial charge in [0.2, 0.25) is 0 Å². The topological polar surface area (TPSA) is 21.3 Å². The van der Waals surface area contributed by atoms with Crippen molar-refractivity contribution in [2.45, 2.75) is 45.1 Å². The first kappa shape index (κ1) is 16.0. The third kappa shape index (κ3) is 4.87. The van der Waals surface area contributed by atoms with Crippen LogP contribution in [-0.2, 0) is 4.74 Å². The average Bonchev–Trinajstić information content (AvgIpc) is 2.91. The van der Waals surface area contributed by atoms with Crippen LogP contribution in [0, 0.1) is 5.92 Å². The molecule has 1 N–H and O–H groups in total. The lowest BCUT2D eigenvalue weighted by Gasteiger charge is -2.23. The lowest BCUT2D eigenvalue weighted by molar-refractivity contribution is 0.0975. The van der Waals surface area contributed by atoms with Crippen LogP contribution in [0.3, 0.4) is 0 Å². The molecule has 0 amide bonds. The molecule has 0 aromatic heterocycles. The number of rotatable bonds is 7. The van der Waals surface area contributed by atoms with Gasteiger partial charge in [-0.15, -0.1) is 0 Å². The Balaban J connectivity index is 2.00. The van der Waals surface area contributed by atoms with Crippen LogP contribution in [0.15, 0.2) is 28.7 Å². The summed E-state index contributed by atoms with van der Waals surface area (Å²) in [5.74, 6) is 1.21. The fourth-order valence-corrected chi connectivity index (χ4v) is 3.43. The molecule has 20 heavy (non-hydrogen) atoms. The van der Waals surface area contributed by atoms with E-state index >= 15 is 0 Å². The van der Waals surface area contributed by atoms with Crippen molar-refractivity contribution in [1.82, 2.24) is 5.32 Å². The van der Waals surface area contributed by atoms with Crippen LogP contribution in [0.25, 0.3) is 0 Å². The molecule has 2 atom stereocenters. The fourth-order valence-electron chi connectivity index (χ4n) is 2.82. The predicted octanol–water partition coefficient (Wildman–Crippen LogP) is 4.35. The van der Waals surface area contributed by atoms with Gasteiger partial charge in [-0.25, -0.2) is 0 Å². The molecule has 0 spiro atoms. The summed E-state index contributed by atoms with van der Waals surface area (Å²) in [5.41, 5.74) is 1.40. The normalized spacial score (nSPS) is 20.5. The van der Waals surface area contributed by atoms with Gasteiger partial charge >= 0.3 is 0 Å². The summed E-state index contributed by atoms with van der Waals surface area (Å²) in [6.45, 7) is 7.54. The van der Waals surface area contributed by atoms with Crippen LogP contribution in [0.4, 0.5) is 0 Å². The molecule has 1 aromatic rings. The number of halogens is 1.